The summed E-state index contributed by atoms with van der Waals surface area (Å²) in [5.74, 6) is -4.32. The monoisotopic (exact) mass is 440 g/mol. The van der Waals surface area contributed by atoms with E-state index >= 15 is 0 Å². The Morgan fingerprint density at radius 1 is 0.656 bits per heavy atom. The Balaban J connectivity index is 1.68. The molecule has 32 heavy (non-hydrogen) atoms. The Kier molecular flexibility index (Phi) is 6.68. The van der Waals surface area contributed by atoms with Crippen LogP contribution in [0.4, 0.5) is 17.6 Å². The van der Waals surface area contributed by atoms with Crippen LogP contribution in [0.5, 0.6) is 0 Å². The Morgan fingerprint density at radius 3 is 1.53 bits per heavy atom. The van der Waals surface area contributed by atoms with Gasteiger partial charge >= 0.3 is 0 Å². The highest BCUT2D eigenvalue weighted by molar-refractivity contribution is 5.73. The van der Waals surface area contributed by atoms with Gasteiger partial charge in [-0.1, -0.05) is 81.6 Å². The first-order valence-corrected chi connectivity index (χ1v) is 11.5. The van der Waals surface area contributed by atoms with E-state index in [0.29, 0.717) is 5.92 Å². The van der Waals surface area contributed by atoms with E-state index in [-0.39, 0.29) is 11.1 Å². The van der Waals surface area contributed by atoms with Crippen LogP contribution >= 0.6 is 0 Å². The maximum Gasteiger partial charge on any atom is 0.170 e. The van der Waals surface area contributed by atoms with Gasteiger partial charge in [0, 0.05) is 0 Å². The Bertz CT molecular complexity index is 1050. The molecule has 0 saturated heterocycles. The summed E-state index contributed by atoms with van der Waals surface area (Å²) >= 11 is 0. The maximum absolute atomic E-state index is 15.0. The third kappa shape index (κ3) is 4.32. The fourth-order valence-electron chi connectivity index (χ4n) is 4.78. The molecular formula is C28H28F4. The molecule has 1 fully saturated rings. The third-order valence-corrected chi connectivity index (χ3v) is 6.73. The molecule has 0 N–H and O–H groups in total. The first-order chi connectivity index (χ1) is 15.4. The van der Waals surface area contributed by atoms with Crippen LogP contribution in [0.2, 0.25) is 0 Å². The molecular weight excluding hydrogens is 412 g/mol. The number of halogens is 4. The van der Waals surface area contributed by atoms with E-state index in [0.717, 1.165) is 55.6 Å². The van der Waals surface area contributed by atoms with E-state index < -0.39 is 34.4 Å². The van der Waals surface area contributed by atoms with Gasteiger partial charge in [-0.05, 0) is 53.4 Å². The minimum Gasteiger partial charge on any atom is -0.203 e. The molecule has 0 atom stereocenters. The van der Waals surface area contributed by atoms with Gasteiger partial charge in [-0.25, -0.2) is 17.6 Å². The van der Waals surface area contributed by atoms with Crippen molar-refractivity contribution < 1.29 is 17.6 Å². The van der Waals surface area contributed by atoms with Crippen molar-refractivity contribution in [3.63, 3.8) is 0 Å². The summed E-state index contributed by atoms with van der Waals surface area (Å²) in [6.45, 7) is 4.27. The van der Waals surface area contributed by atoms with Crippen LogP contribution in [0, 0.1) is 29.2 Å². The van der Waals surface area contributed by atoms with Crippen LogP contribution < -0.4 is 0 Å². The van der Waals surface area contributed by atoms with Crippen molar-refractivity contribution in [1.29, 1.82) is 0 Å². The molecule has 1 aliphatic carbocycles. The van der Waals surface area contributed by atoms with Crippen LogP contribution in [-0.4, -0.2) is 0 Å². The van der Waals surface area contributed by atoms with Crippen molar-refractivity contribution in [1.82, 2.24) is 0 Å². The van der Waals surface area contributed by atoms with Crippen molar-refractivity contribution in [2.75, 3.05) is 0 Å². The van der Waals surface area contributed by atoms with Gasteiger partial charge in [-0.2, -0.15) is 0 Å². The number of rotatable bonds is 5. The summed E-state index contributed by atoms with van der Waals surface area (Å²) in [6.07, 6.45) is 6.23. The van der Waals surface area contributed by atoms with Gasteiger partial charge in [-0.3, -0.25) is 0 Å². The third-order valence-electron chi connectivity index (χ3n) is 6.73. The van der Waals surface area contributed by atoms with Crippen molar-refractivity contribution >= 4 is 0 Å². The zero-order chi connectivity index (χ0) is 22.8. The van der Waals surface area contributed by atoms with E-state index in [9.17, 15) is 17.6 Å². The second-order valence-corrected chi connectivity index (χ2v) is 9.03. The van der Waals surface area contributed by atoms with E-state index in [4.69, 9.17) is 0 Å². The average Bonchev–Trinajstić information content (AvgIpc) is 2.80. The lowest BCUT2D eigenvalue weighted by atomic mass is 9.79. The SMILES string of the molecule is CCCc1ccc(-c2c(F)c(F)c(-c3ccc(C4CCC(C)CC4)cc3)c(F)c2F)cc1. The lowest BCUT2D eigenvalue weighted by Crippen LogP contribution is -2.10. The predicted octanol–water partition coefficient (Wildman–Crippen LogP) is 8.82. The van der Waals surface area contributed by atoms with Crippen LogP contribution in [0.25, 0.3) is 22.3 Å². The zero-order valence-corrected chi connectivity index (χ0v) is 18.5. The molecule has 0 heterocycles. The van der Waals surface area contributed by atoms with Crippen molar-refractivity contribution in [3.8, 4) is 22.3 Å². The lowest BCUT2D eigenvalue weighted by Gasteiger charge is -2.26. The molecule has 0 amide bonds. The number of benzene rings is 3. The molecule has 0 aliphatic heterocycles. The molecule has 3 aromatic carbocycles. The van der Waals surface area contributed by atoms with Crippen LogP contribution in [-0.2, 0) is 6.42 Å². The molecule has 3 aromatic rings. The molecule has 4 heteroatoms. The van der Waals surface area contributed by atoms with Gasteiger partial charge in [0.25, 0.3) is 0 Å². The maximum atomic E-state index is 15.0. The molecule has 0 nitrogen and oxygen atoms in total. The molecule has 1 aliphatic rings. The minimum absolute atomic E-state index is 0.117. The van der Waals surface area contributed by atoms with Gasteiger partial charge in [0.05, 0.1) is 11.1 Å². The zero-order valence-electron chi connectivity index (χ0n) is 18.5. The predicted molar refractivity (Wildman–Crippen MR) is 122 cm³/mol. The van der Waals surface area contributed by atoms with Crippen LogP contribution in [0.3, 0.4) is 0 Å². The summed E-state index contributed by atoms with van der Waals surface area (Å²) < 4.78 is 59.9. The lowest BCUT2D eigenvalue weighted by molar-refractivity contribution is 0.348. The quantitative estimate of drug-likeness (QED) is 0.275. The van der Waals surface area contributed by atoms with E-state index in [2.05, 4.69) is 6.92 Å². The molecule has 0 radical (unpaired) electrons. The Labute approximate surface area is 187 Å². The summed E-state index contributed by atoms with van der Waals surface area (Å²) in [5, 5.41) is 0. The van der Waals surface area contributed by atoms with E-state index in [1.807, 2.05) is 19.1 Å². The van der Waals surface area contributed by atoms with Gasteiger partial charge in [0.15, 0.2) is 23.3 Å². The molecule has 0 unspecified atom stereocenters. The second kappa shape index (κ2) is 9.48. The molecule has 0 bridgehead atoms. The molecule has 0 spiro atoms. The number of hydrogen-bond acceptors (Lipinski definition) is 0. The summed E-state index contributed by atoms with van der Waals surface area (Å²) in [5.41, 5.74) is 1.03. The van der Waals surface area contributed by atoms with Crippen molar-refractivity contribution in [3.05, 3.63) is 82.9 Å². The number of hydrogen-bond donors (Lipinski definition) is 0. The van der Waals surface area contributed by atoms with Gasteiger partial charge in [0.1, 0.15) is 0 Å². The highest BCUT2D eigenvalue weighted by Gasteiger charge is 2.27. The first kappa shape index (κ1) is 22.6. The summed E-state index contributed by atoms with van der Waals surface area (Å²) in [4.78, 5) is 0. The van der Waals surface area contributed by atoms with Gasteiger partial charge in [-0.15, -0.1) is 0 Å². The summed E-state index contributed by atoms with van der Waals surface area (Å²) in [6, 6.07) is 13.2. The van der Waals surface area contributed by atoms with Gasteiger partial charge in [0.2, 0.25) is 0 Å². The smallest absolute Gasteiger partial charge is 0.170 e. The molecule has 4 rings (SSSR count). The summed E-state index contributed by atoms with van der Waals surface area (Å²) in [7, 11) is 0. The molecule has 1 saturated carbocycles. The van der Waals surface area contributed by atoms with Crippen molar-refractivity contribution in [2.24, 2.45) is 5.92 Å². The normalized spacial score (nSPS) is 18.7. The number of aryl methyl sites for hydroxylation is 1. The van der Waals surface area contributed by atoms with Crippen LogP contribution in [0.15, 0.2) is 48.5 Å². The fraction of sp³-hybridized carbons (Fsp3) is 0.357. The largest absolute Gasteiger partial charge is 0.203 e. The fourth-order valence-corrected chi connectivity index (χ4v) is 4.78. The first-order valence-electron chi connectivity index (χ1n) is 11.5. The Hall–Kier alpha value is -2.62. The molecule has 168 valence electrons. The van der Waals surface area contributed by atoms with Crippen molar-refractivity contribution in [2.45, 2.75) is 58.3 Å². The van der Waals surface area contributed by atoms with Gasteiger partial charge < -0.3 is 0 Å². The Morgan fingerprint density at radius 2 is 1.09 bits per heavy atom. The van der Waals surface area contributed by atoms with Crippen LogP contribution in [0.1, 0.15) is 63.0 Å². The standard InChI is InChI=1S/C28H28F4/c1-3-4-18-7-11-21(12-8-18)23-25(29)27(31)24(28(32)26(23)30)22-15-13-20(14-16-22)19-9-5-17(2)6-10-19/h7-8,11-17,19H,3-6,9-10H2,1-2H3. The topological polar surface area (TPSA) is 0 Å². The second-order valence-electron chi connectivity index (χ2n) is 9.03. The minimum atomic E-state index is -1.37. The highest BCUT2D eigenvalue weighted by atomic mass is 19.2. The average molecular weight is 441 g/mol. The van der Waals surface area contributed by atoms with E-state index in [1.54, 1.807) is 24.3 Å². The van der Waals surface area contributed by atoms with E-state index in [1.165, 1.54) is 12.1 Å². The molecule has 0 aromatic heterocycles. The highest BCUT2D eigenvalue weighted by Crippen LogP contribution is 2.39.